The first-order chi connectivity index (χ1) is 13.0. The Morgan fingerprint density at radius 2 is 1.89 bits per heavy atom. The Morgan fingerprint density at radius 1 is 1.18 bits per heavy atom. The average molecular weight is 414 g/mol. The average Bonchev–Trinajstić information content (AvgIpc) is 3.06. The SMILES string of the molecule is Cl.O=C(NCC1CNCC1O)c1ccccc1Nc1ccc(OC(F)F)cc1. The number of para-hydroxylation sites is 1. The van der Waals surface area contributed by atoms with E-state index in [4.69, 9.17) is 0 Å². The van der Waals surface area contributed by atoms with Crippen LogP contribution in [-0.2, 0) is 0 Å². The van der Waals surface area contributed by atoms with Crippen molar-refractivity contribution in [1.82, 2.24) is 10.6 Å². The molecule has 0 spiro atoms. The molecule has 9 heteroatoms. The highest BCUT2D eigenvalue weighted by Gasteiger charge is 2.25. The third-order valence-electron chi connectivity index (χ3n) is 4.36. The largest absolute Gasteiger partial charge is 0.435 e. The van der Waals surface area contributed by atoms with Crippen LogP contribution in [0.15, 0.2) is 48.5 Å². The molecule has 0 radical (unpaired) electrons. The maximum atomic E-state index is 12.5. The second-order valence-electron chi connectivity index (χ2n) is 6.27. The van der Waals surface area contributed by atoms with E-state index < -0.39 is 12.7 Å². The van der Waals surface area contributed by atoms with E-state index in [0.717, 1.165) is 0 Å². The third-order valence-corrected chi connectivity index (χ3v) is 4.36. The standard InChI is InChI=1S/C19H21F2N3O3.ClH/c20-19(21)27-14-7-5-13(6-8-14)24-16-4-2-1-3-15(16)18(26)23-10-12-9-22-11-17(12)25;/h1-8,12,17,19,22,24-25H,9-11H2,(H,23,26);1H. The van der Waals surface area contributed by atoms with E-state index in [1.165, 1.54) is 12.1 Å². The number of rotatable bonds is 7. The van der Waals surface area contributed by atoms with Crippen LogP contribution in [-0.4, -0.2) is 43.4 Å². The van der Waals surface area contributed by atoms with E-state index in [1.807, 2.05) is 0 Å². The van der Waals surface area contributed by atoms with Gasteiger partial charge in [0.15, 0.2) is 0 Å². The van der Waals surface area contributed by atoms with Gasteiger partial charge < -0.3 is 25.8 Å². The van der Waals surface area contributed by atoms with Gasteiger partial charge in [-0.05, 0) is 36.4 Å². The molecule has 4 N–H and O–H groups in total. The van der Waals surface area contributed by atoms with Crippen molar-refractivity contribution in [1.29, 1.82) is 0 Å². The van der Waals surface area contributed by atoms with Gasteiger partial charge in [-0.3, -0.25) is 4.79 Å². The zero-order valence-corrected chi connectivity index (χ0v) is 15.7. The van der Waals surface area contributed by atoms with Gasteiger partial charge in [-0.25, -0.2) is 0 Å². The summed E-state index contributed by atoms with van der Waals surface area (Å²) in [5.41, 5.74) is 1.67. The Bertz CT molecular complexity index is 777. The normalized spacial score (nSPS) is 18.4. The summed E-state index contributed by atoms with van der Waals surface area (Å²) in [7, 11) is 0. The Balaban J connectivity index is 0.00000280. The number of nitrogens with one attached hydrogen (secondary N) is 3. The van der Waals surface area contributed by atoms with E-state index in [9.17, 15) is 18.7 Å². The second kappa shape index (κ2) is 10.2. The van der Waals surface area contributed by atoms with Gasteiger partial charge >= 0.3 is 6.61 Å². The van der Waals surface area contributed by atoms with Crippen molar-refractivity contribution >= 4 is 29.7 Å². The minimum atomic E-state index is -2.87. The first-order valence-corrected chi connectivity index (χ1v) is 8.61. The van der Waals surface area contributed by atoms with Crippen molar-refractivity contribution in [3.63, 3.8) is 0 Å². The molecule has 6 nitrogen and oxygen atoms in total. The van der Waals surface area contributed by atoms with Crippen LogP contribution < -0.4 is 20.7 Å². The molecular formula is C19H22ClF2N3O3. The molecule has 1 aliphatic rings. The van der Waals surface area contributed by atoms with Gasteiger partial charge in [0.1, 0.15) is 5.75 Å². The number of hydrogen-bond acceptors (Lipinski definition) is 5. The number of carbonyl (C=O) groups excluding carboxylic acids is 1. The second-order valence-corrected chi connectivity index (χ2v) is 6.27. The molecule has 1 amide bonds. The van der Waals surface area contributed by atoms with E-state index in [1.54, 1.807) is 36.4 Å². The fourth-order valence-electron chi connectivity index (χ4n) is 2.91. The maximum absolute atomic E-state index is 12.5. The number of aliphatic hydroxyl groups is 1. The third kappa shape index (κ3) is 5.79. The molecule has 1 saturated heterocycles. The summed E-state index contributed by atoms with van der Waals surface area (Å²) in [4.78, 5) is 12.5. The topological polar surface area (TPSA) is 82.6 Å². The minimum Gasteiger partial charge on any atom is -0.435 e. The number of halogens is 3. The number of aliphatic hydroxyl groups excluding tert-OH is 1. The molecule has 3 rings (SSSR count). The molecule has 2 unspecified atom stereocenters. The number of ether oxygens (including phenoxy) is 1. The lowest BCUT2D eigenvalue weighted by Gasteiger charge is -2.16. The van der Waals surface area contributed by atoms with Gasteiger partial charge in [-0.1, -0.05) is 12.1 Å². The Labute approximate surface area is 167 Å². The van der Waals surface area contributed by atoms with E-state index in [2.05, 4.69) is 20.7 Å². The molecule has 0 bridgehead atoms. The highest BCUT2D eigenvalue weighted by atomic mass is 35.5. The Kier molecular flexibility index (Phi) is 7.98. The van der Waals surface area contributed by atoms with Crippen molar-refractivity contribution in [3.05, 3.63) is 54.1 Å². The van der Waals surface area contributed by atoms with Gasteiger partial charge in [0.05, 0.1) is 17.4 Å². The summed E-state index contributed by atoms with van der Waals surface area (Å²) < 4.78 is 28.8. The number of hydrogen-bond donors (Lipinski definition) is 4. The summed E-state index contributed by atoms with van der Waals surface area (Å²) in [5.74, 6) is -0.211. The van der Waals surface area contributed by atoms with Gasteiger partial charge in [0.2, 0.25) is 0 Å². The molecule has 152 valence electrons. The fourth-order valence-corrected chi connectivity index (χ4v) is 2.91. The fraction of sp³-hybridized carbons (Fsp3) is 0.316. The number of benzene rings is 2. The quantitative estimate of drug-likeness (QED) is 0.561. The molecular weight excluding hydrogens is 392 g/mol. The molecule has 2 aromatic carbocycles. The van der Waals surface area contributed by atoms with Gasteiger partial charge in [0.25, 0.3) is 5.91 Å². The molecule has 2 aromatic rings. The number of β-amino-alcohol motifs (C(OH)–C–C–N with tert-alkyl or cyclic N) is 1. The lowest BCUT2D eigenvalue weighted by molar-refractivity contribution is -0.0498. The van der Waals surface area contributed by atoms with Crippen molar-refractivity contribution in [2.24, 2.45) is 5.92 Å². The van der Waals surface area contributed by atoms with Crippen molar-refractivity contribution in [3.8, 4) is 5.75 Å². The lowest BCUT2D eigenvalue weighted by Crippen LogP contribution is -2.34. The predicted molar refractivity (Wildman–Crippen MR) is 105 cm³/mol. The monoisotopic (exact) mass is 413 g/mol. The lowest BCUT2D eigenvalue weighted by atomic mass is 10.1. The first kappa shape index (κ1) is 21.9. The summed E-state index contributed by atoms with van der Waals surface area (Å²) in [6, 6.07) is 13.0. The van der Waals surface area contributed by atoms with Crippen LogP contribution in [0, 0.1) is 5.92 Å². The number of amides is 1. The summed E-state index contributed by atoms with van der Waals surface area (Å²) in [6.45, 7) is -1.30. The zero-order chi connectivity index (χ0) is 19.2. The van der Waals surface area contributed by atoms with Gasteiger partial charge in [-0.2, -0.15) is 8.78 Å². The molecule has 1 heterocycles. The molecule has 2 atom stereocenters. The van der Waals surface area contributed by atoms with Crippen molar-refractivity contribution in [2.75, 3.05) is 25.0 Å². The minimum absolute atomic E-state index is 0. The highest BCUT2D eigenvalue weighted by molar-refractivity contribution is 6.00. The van der Waals surface area contributed by atoms with Gasteiger partial charge in [0, 0.05) is 31.2 Å². The van der Waals surface area contributed by atoms with E-state index in [-0.39, 0.29) is 30.0 Å². The maximum Gasteiger partial charge on any atom is 0.387 e. The van der Waals surface area contributed by atoms with Crippen LogP contribution in [0.4, 0.5) is 20.2 Å². The van der Waals surface area contributed by atoms with E-state index >= 15 is 0 Å². The molecule has 0 saturated carbocycles. The molecule has 1 aliphatic heterocycles. The van der Waals surface area contributed by atoms with Gasteiger partial charge in [-0.15, -0.1) is 12.4 Å². The smallest absolute Gasteiger partial charge is 0.387 e. The summed E-state index contributed by atoms with van der Waals surface area (Å²) in [6.07, 6.45) is -0.465. The van der Waals surface area contributed by atoms with Crippen molar-refractivity contribution < 1.29 is 23.4 Å². The molecule has 0 aliphatic carbocycles. The predicted octanol–water partition coefficient (Wildman–Crippen LogP) is 2.76. The van der Waals surface area contributed by atoms with Crippen LogP contribution in [0.1, 0.15) is 10.4 Å². The number of anilines is 2. The first-order valence-electron chi connectivity index (χ1n) is 8.61. The van der Waals surface area contributed by atoms with E-state index in [0.29, 0.717) is 36.6 Å². The number of carbonyl (C=O) groups is 1. The highest BCUT2D eigenvalue weighted by Crippen LogP contribution is 2.24. The van der Waals surface area contributed by atoms with Crippen LogP contribution in [0.25, 0.3) is 0 Å². The molecule has 1 fully saturated rings. The molecule has 0 aromatic heterocycles. The van der Waals surface area contributed by atoms with Crippen LogP contribution in [0.3, 0.4) is 0 Å². The van der Waals surface area contributed by atoms with Crippen molar-refractivity contribution in [2.45, 2.75) is 12.7 Å². The van der Waals surface area contributed by atoms with Crippen LogP contribution >= 0.6 is 12.4 Å². The molecule has 28 heavy (non-hydrogen) atoms. The zero-order valence-electron chi connectivity index (χ0n) is 14.9. The van der Waals surface area contributed by atoms with Crippen LogP contribution in [0.2, 0.25) is 0 Å². The Morgan fingerprint density at radius 3 is 2.54 bits per heavy atom. The number of alkyl halides is 2. The summed E-state index contributed by atoms with van der Waals surface area (Å²) in [5, 5.41) is 18.8. The van der Waals surface area contributed by atoms with Crippen LogP contribution in [0.5, 0.6) is 5.75 Å². The Hall–Kier alpha value is -2.42. The summed E-state index contributed by atoms with van der Waals surface area (Å²) >= 11 is 0.